The van der Waals surface area contributed by atoms with Crippen LogP contribution in [-0.4, -0.2) is 16.7 Å². The van der Waals surface area contributed by atoms with Crippen molar-refractivity contribution in [3.63, 3.8) is 0 Å². The van der Waals surface area contributed by atoms with Gasteiger partial charge in [0.05, 0.1) is 11.2 Å². The molecule has 0 atom stereocenters. The van der Waals surface area contributed by atoms with Crippen LogP contribution in [0.15, 0.2) is 5.51 Å². The maximum absolute atomic E-state index is 9.13. The Kier molecular flexibility index (Phi) is 1.93. The second-order valence-electron chi connectivity index (χ2n) is 3.70. The number of thiazole rings is 1. The van der Waals surface area contributed by atoms with Crippen LogP contribution in [0, 0.1) is 12.3 Å². The first kappa shape index (κ1) is 8.20. The molecule has 0 saturated heterocycles. The Morgan fingerprint density at radius 3 is 2.83 bits per heavy atom. The molecule has 2 rings (SSSR count). The minimum Gasteiger partial charge on any atom is -0.396 e. The normalized spacial score (nSPS) is 19.5. The van der Waals surface area contributed by atoms with Crippen LogP contribution >= 0.6 is 11.3 Å². The minimum atomic E-state index is 0.233. The molecule has 1 N–H and O–H groups in total. The van der Waals surface area contributed by atoms with E-state index in [1.165, 1.54) is 17.7 Å². The molecule has 1 fully saturated rings. The fraction of sp³-hybridized carbons (Fsp3) is 0.667. The second kappa shape index (κ2) is 2.82. The Hall–Kier alpha value is -0.410. The number of aliphatic hydroxyl groups excluding tert-OH is 1. The Bertz CT molecular complexity index is 278. The lowest BCUT2D eigenvalue weighted by molar-refractivity contribution is 0.211. The van der Waals surface area contributed by atoms with Crippen LogP contribution in [0.4, 0.5) is 0 Å². The van der Waals surface area contributed by atoms with Crippen LogP contribution in [0.2, 0.25) is 0 Å². The SMILES string of the molecule is Cc1ncsc1CC1(CO)CC1. The molecule has 0 unspecified atom stereocenters. The van der Waals surface area contributed by atoms with Gasteiger partial charge in [0.1, 0.15) is 0 Å². The van der Waals surface area contributed by atoms with E-state index in [1.807, 2.05) is 12.4 Å². The number of hydrogen-bond donors (Lipinski definition) is 1. The van der Waals surface area contributed by atoms with Crippen molar-refractivity contribution in [2.75, 3.05) is 6.61 Å². The van der Waals surface area contributed by atoms with E-state index in [2.05, 4.69) is 4.98 Å². The highest BCUT2D eigenvalue weighted by molar-refractivity contribution is 7.09. The van der Waals surface area contributed by atoms with E-state index in [1.54, 1.807) is 11.3 Å². The first-order valence-electron chi connectivity index (χ1n) is 4.26. The predicted octanol–water partition coefficient (Wildman–Crippen LogP) is 1.77. The second-order valence-corrected chi connectivity index (χ2v) is 4.64. The third-order valence-electron chi connectivity index (χ3n) is 2.67. The van der Waals surface area contributed by atoms with E-state index in [4.69, 9.17) is 5.11 Å². The predicted molar refractivity (Wildman–Crippen MR) is 49.3 cm³/mol. The van der Waals surface area contributed by atoms with E-state index in [0.29, 0.717) is 6.61 Å². The summed E-state index contributed by atoms with van der Waals surface area (Å²) in [7, 11) is 0. The van der Waals surface area contributed by atoms with Gasteiger partial charge in [-0.05, 0) is 31.6 Å². The topological polar surface area (TPSA) is 33.1 Å². The first-order chi connectivity index (χ1) is 5.76. The summed E-state index contributed by atoms with van der Waals surface area (Å²) in [6, 6.07) is 0. The van der Waals surface area contributed by atoms with Crippen molar-refractivity contribution < 1.29 is 5.11 Å². The lowest BCUT2D eigenvalue weighted by atomic mass is 10.0. The third-order valence-corrected chi connectivity index (χ3v) is 3.61. The fourth-order valence-electron chi connectivity index (χ4n) is 1.40. The van der Waals surface area contributed by atoms with Crippen molar-refractivity contribution in [3.8, 4) is 0 Å². The van der Waals surface area contributed by atoms with Gasteiger partial charge in [0.15, 0.2) is 0 Å². The first-order valence-corrected chi connectivity index (χ1v) is 5.14. The number of aliphatic hydroxyl groups is 1. The lowest BCUT2D eigenvalue weighted by Crippen LogP contribution is -2.09. The molecule has 0 spiro atoms. The van der Waals surface area contributed by atoms with E-state index < -0.39 is 0 Å². The molecule has 0 bridgehead atoms. The summed E-state index contributed by atoms with van der Waals surface area (Å²) in [4.78, 5) is 5.55. The van der Waals surface area contributed by atoms with Gasteiger partial charge in [0.25, 0.3) is 0 Å². The molecule has 0 aromatic carbocycles. The number of aromatic nitrogens is 1. The summed E-state index contributed by atoms with van der Waals surface area (Å²) in [5.41, 5.74) is 3.26. The quantitative estimate of drug-likeness (QED) is 0.774. The molecule has 0 aliphatic heterocycles. The van der Waals surface area contributed by atoms with Crippen LogP contribution in [0.1, 0.15) is 23.4 Å². The van der Waals surface area contributed by atoms with Gasteiger partial charge in [0.2, 0.25) is 0 Å². The Morgan fingerprint density at radius 1 is 1.67 bits per heavy atom. The van der Waals surface area contributed by atoms with Gasteiger partial charge in [-0.3, -0.25) is 0 Å². The van der Waals surface area contributed by atoms with Gasteiger partial charge >= 0.3 is 0 Å². The highest BCUT2D eigenvalue weighted by atomic mass is 32.1. The van der Waals surface area contributed by atoms with Crippen LogP contribution in [0.5, 0.6) is 0 Å². The lowest BCUT2D eigenvalue weighted by Gasteiger charge is -2.09. The van der Waals surface area contributed by atoms with Crippen molar-refractivity contribution in [2.24, 2.45) is 5.41 Å². The van der Waals surface area contributed by atoms with Crippen molar-refractivity contribution in [1.82, 2.24) is 4.98 Å². The molecule has 1 heterocycles. The van der Waals surface area contributed by atoms with Crippen LogP contribution in [0.3, 0.4) is 0 Å². The highest BCUT2D eigenvalue weighted by Crippen LogP contribution is 2.48. The van der Waals surface area contributed by atoms with E-state index >= 15 is 0 Å². The molecule has 66 valence electrons. The summed E-state index contributed by atoms with van der Waals surface area (Å²) in [6.07, 6.45) is 3.39. The monoisotopic (exact) mass is 183 g/mol. The highest BCUT2D eigenvalue weighted by Gasteiger charge is 2.42. The fourth-order valence-corrected chi connectivity index (χ4v) is 2.35. The maximum atomic E-state index is 9.13. The minimum absolute atomic E-state index is 0.233. The molecule has 1 aliphatic carbocycles. The van der Waals surface area contributed by atoms with E-state index in [0.717, 1.165) is 12.1 Å². The number of hydrogen-bond acceptors (Lipinski definition) is 3. The van der Waals surface area contributed by atoms with Crippen LogP contribution in [0.25, 0.3) is 0 Å². The number of aryl methyl sites for hydroxylation is 1. The Labute approximate surface area is 76.3 Å². The summed E-state index contributed by atoms with van der Waals surface area (Å²) >= 11 is 1.71. The summed E-state index contributed by atoms with van der Waals surface area (Å²) in [5, 5.41) is 9.13. The van der Waals surface area contributed by atoms with Crippen molar-refractivity contribution in [2.45, 2.75) is 26.2 Å². The molecule has 12 heavy (non-hydrogen) atoms. The van der Waals surface area contributed by atoms with Crippen LogP contribution < -0.4 is 0 Å². The van der Waals surface area contributed by atoms with Gasteiger partial charge in [-0.1, -0.05) is 0 Å². The average Bonchev–Trinajstić information content (AvgIpc) is 2.74. The molecule has 0 amide bonds. The Morgan fingerprint density at radius 2 is 2.42 bits per heavy atom. The summed E-state index contributed by atoms with van der Waals surface area (Å²) in [6.45, 7) is 2.38. The van der Waals surface area contributed by atoms with Gasteiger partial charge < -0.3 is 5.11 Å². The van der Waals surface area contributed by atoms with Crippen LogP contribution in [-0.2, 0) is 6.42 Å². The molecule has 3 heteroatoms. The third kappa shape index (κ3) is 1.39. The van der Waals surface area contributed by atoms with Crippen molar-refractivity contribution >= 4 is 11.3 Å². The molecule has 1 aromatic heterocycles. The molecular formula is C9H13NOS. The Balaban J connectivity index is 2.08. The van der Waals surface area contributed by atoms with Gasteiger partial charge in [-0.25, -0.2) is 4.98 Å². The molecular weight excluding hydrogens is 170 g/mol. The zero-order chi connectivity index (χ0) is 8.60. The molecule has 1 aromatic rings. The van der Waals surface area contributed by atoms with E-state index in [9.17, 15) is 0 Å². The standard InChI is InChI=1S/C9H13NOS/c1-7-8(12-6-10-7)4-9(5-11)2-3-9/h6,11H,2-5H2,1H3. The molecule has 1 aliphatic rings. The number of rotatable bonds is 3. The average molecular weight is 183 g/mol. The van der Waals surface area contributed by atoms with Crippen molar-refractivity contribution in [1.29, 1.82) is 0 Å². The zero-order valence-electron chi connectivity index (χ0n) is 7.21. The van der Waals surface area contributed by atoms with E-state index in [-0.39, 0.29) is 5.41 Å². The maximum Gasteiger partial charge on any atom is 0.0797 e. The molecule has 1 saturated carbocycles. The van der Waals surface area contributed by atoms with Gasteiger partial charge in [0, 0.05) is 11.5 Å². The number of nitrogens with zero attached hydrogens (tertiary/aromatic N) is 1. The summed E-state index contributed by atoms with van der Waals surface area (Å²) in [5.74, 6) is 0. The van der Waals surface area contributed by atoms with Gasteiger partial charge in [-0.2, -0.15) is 0 Å². The smallest absolute Gasteiger partial charge is 0.0797 e. The summed E-state index contributed by atoms with van der Waals surface area (Å²) < 4.78 is 0. The van der Waals surface area contributed by atoms with Gasteiger partial charge in [-0.15, -0.1) is 11.3 Å². The largest absolute Gasteiger partial charge is 0.396 e. The molecule has 0 radical (unpaired) electrons. The zero-order valence-corrected chi connectivity index (χ0v) is 8.02. The molecule has 2 nitrogen and oxygen atoms in total. The van der Waals surface area contributed by atoms with Crippen molar-refractivity contribution in [3.05, 3.63) is 16.1 Å².